The third-order valence-electron chi connectivity index (χ3n) is 3.81. The second kappa shape index (κ2) is 6.44. The minimum atomic E-state index is 0.918. The van der Waals surface area contributed by atoms with Gasteiger partial charge in [-0.1, -0.05) is 13.3 Å². The number of anilines is 1. The zero-order chi connectivity index (χ0) is 15.5. The lowest BCUT2D eigenvalue weighted by molar-refractivity contribution is 0.800. The van der Waals surface area contributed by atoms with Crippen molar-refractivity contribution in [3.8, 4) is 0 Å². The smallest absolute Gasteiger partial charge is 0.157 e. The summed E-state index contributed by atoms with van der Waals surface area (Å²) in [5.41, 5.74) is 5.11. The van der Waals surface area contributed by atoms with E-state index in [0.29, 0.717) is 0 Å². The zero-order valence-electron chi connectivity index (χ0n) is 13.3. The average molecular weight is 315 g/mol. The van der Waals surface area contributed by atoms with Gasteiger partial charge in [-0.15, -0.1) is 11.3 Å². The van der Waals surface area contributed by atoms with Crippen LogP contribution in [0.15, 0.2) is 23.8 Å². The Labute approximate surface area is 134 Å². The van der Waals surface area contributed by atoms with Crippen LogP contribution in [0.4, 0.5) is 5.82 Å². The Morgan fingerprint density at radius 3 is 2.91 bits per heavy atom. The number of thiazole rings is 1. The van der Waals surface area contributed by atoms with Crippen molar-refractivity contribution in [2.45, 2.75) is 33.1 Å². The van der Waals surface area contributed by atoms with Crippen molar-refractivity contribution in [3.05, 3.63) is 40.1 Å². The highest BCUT2D eigenvalue weighted by Crippen LogP contribution is 2.19. The number of rotatable bonds is 6. The number of hydrogen-bond acceptors (Lipinski definition) is 5. The van der Waals surface area contributed by atoms with Crippen LogP contribution >= 0.6 is 11.3 Å². The minimum Gasteiger partial charge on any atom is -0.359 e. The fourth-order valence-electron chi connectivity index (χ4n) is 2.55. The van der Waals surface area contributed by atoms with E-state index >= 15 is 0 Å². The number of nitrogens with zero attached hydrogens (tertiary/aromatic N) is 5. The molecule has 0 amide bonds. The number of fused-ring (bicyclic) bond motifs is 1. The fraction of sp³-hybridized carbons (Fsp3) is 0.438. The first-order valence-electron chi connectivity index (χ1n) is 7.62. The van der Waals surface area contributed by atoms with Crippen LogP contribution in [0.3, 0.4) is 0 Å². The first-order valence-corrected chi connectivity index (χ1v) is 8.50. The van der Waals surface area contributed by atoms with Gasteiger partial charge in [-0.25, -0.2) is 9.97 Å². The summed E-state index contributed by atoms with van der Waals surface area (Å²) in [6.45, 7) is 5.19. The van der Waals surface area contributed by atoms with E-state index in [1.165, 1.54) is 4.88 Å². The van der Waals surface area contributed by atoms with Crippen LogP contribution < -0.4 is 4.90 Å². The predicted molar refractivity (Wildman–Crippen MR) is 90.8 cm³/mol. The lowest BCUT2D eigenvalue weighted by Crippen LogP contribution is -2.23. The summed E-state index contributed by atoms with van der Waals surface area (Å²) in [5, 5.41) is 4.41. The Bertz CT molecular complexity index is 761. The quantitative estimate of drug-likeness (QED) is 0.701. The molecule has 0 atom stereocenters. The summed E-state index contributed by atoms with van der Waals surface area (Å²) in [4.78, 5) is 12.6. The molecule has 3 heterocycles. The van der Waals surface area contributed by atoms with Crippen LogP contribution in [0.1, 0.15) is 29.6 Å². The molecule has 0 N–H and O–H groups in total. The molecule has 3 aromatic heterocycles. The molecule has 0 aliphatic heterocycles. The third kappa shape index (κ3) is 2.97. The van der Waals surface area contributed by atoms with Gasteiger partial charge < -0.3 is 4.90 Å². The van der Waals surface area contributed by atoms with E-state index < -0.39 is 0 Å². The second-order valence-electron chi connectivity index (χ2n) is 5.49. The predicted octanol–water partition coefficient (Wildman–Crippen LogP) is 3.13. The van der Waals surface area contributed by atoms with E-state index in [4.69, 9.17) is 0 Å². The SMILES string of the molecule is CCCc1cc(N(C)CCc2scnc2C)n2nccc2n1. The highest BCUT2D eigenvalue weighted by atomic mass is 32.1. The summed E-state index contributed by atoms with van der Waals surface area (Å²) in [5.74, 6) is 1.10. The van der Waals surface area contributed by atoms with Crippen molar-refractivity contribution in [2.75, 3.05) is 18.5 Å². The second-order valence-corrected chi connectivity index (χ2v) is 6.43. The van der Waals surface area contributed by atoms with Gasteiger partial charge in [0.15, 0.2) is 5.65 Å². The Balaban J connectivity index is 1.84. The number of likely N-dealkylation sites (N-methyl/N-ethyl adjacent to an activating group) is 1. The summed E-state index contributed by atoms with van der Waals surface area (Å²) >= 11 is 1.73. The van der Waals surface area contributed by atoms with Crippen LogP contribution in [0.2, 0.25) is 0 Å². The molecule has 3 aromatic rings. The Morgan fingerprint density at radius 2 is 2.18 bits per heavy atom. The molecule has 0 aliphatic carbocycles. The molecule has 0 fully saturated rings. The van der Waals surface area contributed by atoms with Crippen molar-refractivity contribution >= 4 is 22.8 Å². The highest BCUT2D eigenvalue weighted by Gasteiger charge is 2.11. The van der Waals surface area contributed by atoms with Gasteiger partial charge in [0.25, 0.3) is 0 Å². The average Bonchev–Trinajstić information content (AvgIpc) is 3.13. The van der Waals surface area contributed by atoms with Gasteiger partial charge >= 0.3 is 0 Å². The topological polar surface area (TPSA) is 46.3 Å². The number of aromatic nitrogens is 4. The van der Waals surface area contributed by atoms with Gasteiger partial charge in [0, 0.05) is 42.7 Å². The normalized spacial score (nSPS) is 11.2. The van der Waals surface area contributed by atoms with Crippen LogP contribution in [-0.2, 0) is 12.8 Å². The van der Waals surface area contributed by atoms with Gasteiger partial charge in [-0.3, -0.25) is 0 Å². The maximum absolute atomic E-state index is 4.66. The fourth-order valence-corrected chi connectivity index (χ4v) is 3.32. The highest BCUT2D eigenvalue weighted by molar-refractivity contribution is 7.09. The molecule has 5 nitrogen and oxygen atoms in total. The van der Waals surface area contributed by atoms with Gasteiger partial charge in [-0.05, 0) is 13.3 Å². The molecule has 0 bridgehead atoms. The summed E-state index contributed by atoms with van der Waals surface area (Å²) in [6.07, 6.45) is 4.90. The van der Waals surface area contributed by atoms with E-state index in [9.17, 15) is 0 Å². The van der Waals surface area contributed by atoms with Crippen LogP contribution in [0, 0.1) is 6.92 Å². The maximum atomic E-state index is 4.66. The van der Waals surface area contributed by atoms with E-state index in [0.717, 1.165) is 48.7 Å². The zero-order valence-corrected chi connectivity index (χ0v) is 14.1. The summed E-state index contributed by atoms with van der Waals surface area (Å²) in [6, 6.07) is 4.12. The van der Waals surface area contributed by atoms with Crippen molar-refractivity contribution in [1.82, 2.24) is 19.6 Å². The van der Waals surface area contributed by atoms with Crippen molar-refractivity contribution in [1.29, 1.82) is 0 Å². The molecule has 0 spiro atoms. The lowest BCUT2D eigenvalue weighted by Gasteiger charge is -2.20. The molecule has 0 aromatic carbocycles. The van der Waals surface area contributed by atoms with Gasteiger partial charge in [0.1, 0.15) is 5.82 Å². The molecule has 6 heteroatoms. The monoisotopic (exact) mass is 315 g/mol. The standard InChI is InChI=1S/C16H21N5S/c1-4-5-13-10-16(21-15(19-13)6-8-18-21)20(3)9-7-14-12(2)17-11-22-14/h6,8,10-11H,4-5,7,9H2,1-3H3. The Kier molecular flexibility index (Phi) is 4.38. The summed E-state index contributed by atoms with van der Waals surface area (Å²) < 4.78 is 1.92. The van der Waals surface area contributed by atoms with E-state index in [1.54, 1.807) is 11.3 Å². The minimum absolute atomic E-state index is 0.918. The van der Waals surface area contributed by atoms with Crippen LogP contribution in [-0.4, -0.2) is 33.2 Å². The van der Waals surface area contributed by atoms with Crippen molar-refractivity contribution < 1.29 is 0 Å². The number of hydrogen-bond donors (Lipinski definition) is 0. The summed E-state index contributed by atoms with van der Waals surface area (Å²) in [7, 11) is 2.11. The molecule has 0 radical (unpaired) electrons. The van der Waals surface area contributed by atoms with Crippen molar-refractivity contribution in [3.63, 3.8) is 0 Å². The van der Waals surface area contributed by atoms with Gasteiger partial charge in [-0.2, -0.15) is 9.61 Å². The maximum Gasteiger partial charge on any atom is 0.157 e. The Hall–Kier alpha value is -1.95. The van der Waals surface area contributed by atoms with E-state index in [2.05, 4.69) is 46.9 Å². The van der Waals surface area contributed by atoms with Gasteiger partial charge in [0.05, 0.1) is 17.4 Å². The largest absolute Gasteiger partial charge is 0.359 e. The van der Waals surface area contributed by atoms with Crippen LogP contribution in [0.25, 0.3) is 5.65 Å². The van der Waals surface area contributed by atoms with Crippen LogP contribution in [0.5, 0.6) is 0 Å². The number of aryl methyl sites for hydroxylation is 2. The van der Waals surface area contributed by atoms with Crippen molar-refractivity contribution in [2.24, 2.45) is 0 Å². The first kappa shape index (κ1) is 15.0. The van der Waals surface area contributed by atoms with E-state index in [-0.39, 0.29) is 0 Å². The van der Waals surface area contributed by atoms with Gasteiger partial charge in [0.2, 0.25) is 0 Å². The molecular formula is C16H21N5S. The van der Waals surface area contributed by atoms with E-state index in [1.807, 2.05) is 22.3 Å². The molecule has 3 rings (SSSR count). The molecule has 0 aliphatic rings. The lowest BCUT2D eigenvalue weighted by atomic mass is 10.2. The molecule has 116 valence electrons. The molecule has 0 unspecified atom stereocenters. The molecular weight excluding hydrogens is 294 g/mol. The molecule has 0 saturated heterocycles. The Morgan fingerprint density at radius 1 is 1.32 bits per heavy atom. The third-order valence-corrected chi connectivity index (χ3v) is 4.80. The first-order chi connectivity index (χ1) is 10.7. The molecule has 22 heavy (non-hydrogen) atoms. The molecule has 0 saturated carbocycles.